The van der Waals surface area contributed by atoms with Crippen LogP contribution in [0.15, 0.2) is 6.20 Å². The Bertz CT molecular complexity index is 387. The Morgan fingerprint density at radius 1 is 1.47 bits per heavy atom. The van der Waals surface area contributed by atoms with Gasteiger partial charge in [0.15, 0.2) is 5.13 Å². The number of hydrogen-bond donors (Lipinski definition) is 2. The van der Waals surface area contributed by atoms with Gasteiger partial charge >= 0.3 is 5.97 Å². The molecule has 0 unspecified atom stereocenters. The highest BCUT2D eigenvalue weighted by Crippen LogP contribution is 2.23. The van der Waals surface area contributed by atoms with Crippen LogP contribution < -0.4 is 10.6 Å². The van der Waals surface area contributed by atoms with E-state index in [0.29, 0.717) is 11.4 Å². The van der Waals surface area contributed by atoms with Crippen LogP contribution >= 0.6 is 11.3 Å². The fraction of sp³-hybridized carbons (Fsp3) is 0.600. The predicted octanol–water partition coefficient (Wildman–Crippen LogP) is -0.0780. The van der Waals surface area contributed by atoms with E-state index in [-0.39, 0.29) is 0 Å². The molecule has 3 N–H and O–H groups in total. The average Bonchev–Trinajstić information content (AvgIpc) is 2.80. The molecule has 0 aliphatic carbocycles. The van der Waals surface area contributed by atoms with Crippen LogP contribution in [0.25, 0.3) is 0 Å². The highest BCUT2D eigenvalue weighted by Gasteiger charge is 2.19. The number of piperazine rings is 1. The second-order valence-corrected chi connectivity index (χ2v) is 4.94. The molecule has 1 fully saturated rings. The maximum absolute atomic E-state index is 10.8. The standard InChI is InChI=1S/C10H16N4O2S/c11-1-2-13-3-5-14(6-4-13)10-12-7-8(17-10)9(15)16/h7H,1-6,11H2,(H,15,16). The molecule has 1 aliphatic rings. The number of hydrogen-bond acceptors (Lipinski definition) is 6. The molecule has 0 aromatic carbocycles. The van der Waals surface area contributed by atoms with Crippen molar-refractivity contribution < 1.29 is 9.90 Å². The Labute approximate surface area is 104 Å². The number of rotatable bonds is 4. The van der Waals surface area contributed by atoms with Gasteiger partial charge in [0.2, 0.25) is 0 Å². The van der Waals surface area contributed by atoms with Gasteiger partial charge in [-0.25, -0.2) is 9.78 Å². The largest absolute Gasteiger partial charge is 0.477 e. The number of aromatic nitrogens is 1. The minimum atomic E-state index is -0.907. The third-order valence-electron chi connectivity index (χ3n) is 2.79. The van der Waals surface area contributed by atoms with Crippen LogP contribution in [0.1, 0.15) is 9.67 Å². The zero-order valence-corrected chi connectivity index (χ0v) is 10.3. The van der Waals surface area contributed by atoms with E-state index in [9.17, 15) is 4.79 Å². The molecule has 0 radical (unpaired) electrons. The van der Waals surface area contributed by atoms with Gasteiger partial charge in [-0.2, -0.15) is 0 Å². The van der Waals surface area contributed by atoms with E-state index in [2.05, 4.69) is 14.8 Å². The van der Waals surface area contributed by atoms with Crippen molar-refractivity contribution in [1.82, 2.24) is 9.88 Å². The summed E-state index contributed by atoms with van der Waals surface area (Å²) in [5.41, 5.74) is 5.51. The lowest BCUT2D eigenvalue weighted by Gasteiger charge is -2.34. The minimum Gasteiger partial charge on any atom is -0.477 e. The molecule has 1 aliphatic heterocycles. The maximum atomic E-state index is 10.8. The van der Waals surface area contributed by atoms with E-state index in [4.69, 9.17) is 10.8 Å². The van der Waals surface area contributed by atoms with Crippen molar-refractivity contribution in [2.45, 2.75) is 0 Å². The van der Waals surface area contributed by atoms with E-state index in [0.717, 1.165) is 37.9 Å². The predicted molar refractivity (Wildman–Crippen MR) is 66.8 cm³/mol. The van der Waals surface area contributed by atoms with Gasteiger partial charge in [-0.3, -0.25) is 4.90 Å². The molecule has 17 heavy (non-hydrogen) atoms. The van der Waals surface area contributed by atoms with Crippen LogP contribution in [0.2, 0.25) is 0 Å². The van der Waals surface area contributed by atoms with Crippen LogP contribution in [-0.2, 0) is 0 Å². The van der Waals surface area contributed by atoms with Crippen molar-refractivity contribution in [3.63, 3.8) is 0 Å². The molecule has 0 saturated carbocycles. The van der Waals surface area contributed by atoms with Gasteiger partial charge in [-0.1, -0.05) is 11.3 Å². The summed E-state index contributed by atoms with van der Waals surface area (Å²) in [5, 5.41) is 9.64. The molecule has 0 atom stereocenters. The summed E-state index contributed by atoms with van der Waals surface area (Å²) in [4.78, 5) is 19.6. The molecule has 6 nitrogen and oxygen atoms in total. The Morgan fingerprint density at radius 3 is 2.71 bits per heavy atom. The van der Waals surface area contributed by atoms with Crippen LogP contribution in [0, 0.1) is 0 Å². The first kappa shape index (κ1) is 12.3. The number of carboxylic acid groups (broad SMARTS) is 1. The molecule has 94 valence electrons. The first-order chi connectivity index (χ1) is 8.20. The van der Waals surface area contributed by atoms with Gasteiger partial charge in [0.1, 0.15) is 4.88 Å². The van der Waals surface area contributed by atoms with Gasteiger partial charge in [-0.05, 0) is 0 Å². The Kier molecular flexibility index (Phi) is 3.93. The van der Waals surface area contributed by atoms with Gasteiger partial charge in [-0.15, -0.1) is 0 Å². The van der Waals surface area contributed by atoms with Gasteiger partial charge < -0.3 is 15.7 Å². The molecule has 0 bridgehead atoms. The van der Waals surface area contributed by atoms with Gasteiger partial charge in [0.05, 0.1) is 6.20 Å². The quantitative estimate of drug-likeness (QED) is 0.784. The SMILES string of the molecule is NCCN1CCN(c2ncc(C(=O)O)s2)CC1. The van der Waals surface area contributed by atoms with Crippen molar-refractivity contribution in [2.75, 3.05) is 44.2 Å². The topological polar surface area (TPSA) is 82.7 Å². The summed E-state index contributed by atoms with van der Waals surface area (Å²) < 4.78 is 0. The number of nitrogens with two attached hydrogens (primary N) is 1. The summed E-state index contributed by atoms with van der Waals surface area (Å²) in [6, 6.07) is 0. The summed E-state index contributed by atoms with van der Waals surface area (Å²) >= 11 is 1.23. The van der Waals surface area contributed by atoms with Gasteiger partial charge in [0, 0.05) is 39.3 Å². The van der Waals surface area contributed by atoms with Crippen LogP contribution in [0.4, 0.5) is 5.13 Å². The summed E-state index contributed by atoms with van der Waals surface area (Å²) in [5.74, 6) is -0.907. The second-order valence-electron chi connectivity index (χ2n) is 3.93. The number of carbonyl (C=O) groups is 1. The smallest absolute Gasteiger partial charge is 0.347 e. The molecule has 0 amide bonds. The van der Waals surface area contributed by atoms with E-state index >= 15 is 0 Å². The number of aromatic carboxylic acids is 1. The number of anilines is 1. The summed E-state index contributed by atoms with van der Waals surface area (Å²) in [7, 11) is 0. The third kappa shape index (κ3) is 2.93. The number of nitrogens with zero attached hydrogens (tertiary/aromatic N) is 3. The molecule has 1 aromatic heterocycles. The molecular weight excluding hydrogens is 240 g/mol. The van der Waals surface area contributed by atoms with Crippen LogP contribution in [0.5, 0.6) is 0 Å². The molecule has 2 rings (SSSR count). The zero-order valence-electron chi connectivity index (χ0n) is 9.50. The summed E-state index contributed by atoms with van der Waals surface area (Å²) in [6.07, 6.45) is 1.43. The van der Waals surface area contributed by atoms with Gasteiger partial charge in [0.25, 0.3) is 0 Å². The van der Waals surface area contributed by atoms with Crippen molar-refractivity contribution in [1.29, 1.82) is 0 Å². The molecule has 1 saturated heterocycles. The first-order valence-corrected chi connectivity index (χ1v) is 6.39. The fourth-order valence-electron chi connectivity index (χ4n) is 1.86. The lowest BCUT2D eigenvalue weighted by atomic mass is 10.3. The normalized spacial score (nSPS) is 17.4. The molecular formula is C10H16N4O2S. The van der Waals surface area contributed by atoms with Crippen LogP contribution in [-0.4, -0.2) is 60.2 Å². The van der Waals surface area contributed by atoms with E-state index in [1.54, 1.807) is 0 Å². The fourth-order valence-corrected chi connectivity index (χ4v) is 2.66. The van der Waals surface area contributed by atoms with E-state index < -0.39 is 5.97 Å². The number of carboxylic acids is 1. The molecule has 7 heteroatoms. The van der Waals surface area contributed by atoms with E-state index in [1.807, 2.05) is 0 Å². The highest BCUT2D eigenvalue weighted by atomic mass is 32.1. The van der Waals surface area contributed by atoms with Crippen molar-refractivity contribution in [2.24, 2.45) is 5.73 Å². The number of thiazole rings is 1. The lowest BCUT2D eigenvalue weighted by Crippen LogP contribution is -2.47. The van der Waals surface area contributed by atoms with Crippen LogP contribution in [0.3, 0.4) is 0 Å². The summed E-state index contributed by atoms with van der Waals surface area (Å²) in [6.45, 7) is 5.28. The Balaban J connectivity index is 1.93. The average molecular weight is 256 g/mol. The third-order valence-corrected chi connectivity index (χ3v) is 3.84. The molecule has 1 aromatic rings. The molecule has 2 heterocycles. The highest BCUT2D eigenvalue weighted by molar-refractivity contribution is 7.17. The van der Waals surface area contributed by atoms with Crippen molar-refractivity contribution in [3.05, 3.63) is 11.1 Å². The maximum Gasteiger partial charge on any atom is 0.347 e. The second kappa shape index (κ2) is 5.44. The Hall–Kier alpha value is -1.18. The Morgan fingerprint density at radius 2 is 2.18 bits per heavy atom. The zero-order chi connectivity index (χ0) is 12.3. The minimum absolute atomic E-state index is 0.296. The van der Waals surface area contributed by atoms with Crippen molar-refractivity contribution in [3.8, 4) is 0 Å². The van der Waals surface area contributed by atoms with Crippen molar-refractivity contribution >= 4 is 22.4 Å². The first-order valence-electron chi connectivity index (χ1n) is 5.57. The monoisotopic (exact) mass is 256 g/mol. The van der Waals surface area contributed by atoms with E-state index in [1.165, 1.54) is 17.5 Å². The lowest BCUT2D eigenvalue weighted by molar-refractivity contribution is 0.0702. The molecule has 0 spiro atoms.